The predicted molar refractivity (Wildman–Crippen MR) is 108 cm³/mol. The van der Waals surface area contributed by atoms with Gasteiger partial charge in [-0.2, -0.15) is 13.2 Å². The van der Waals surface area contributed by atoms with Crippen molar-refractivity contribution in [2.24, 2.45) is 0 Å². The highest BCUT2D eigenvalue weighted by Gasteiger charge is 2.32. The summed E-state index contributed by atoms with van der Waals surface area (Å²) in [6.45, 7) is 3.61. The Morgan fingerprint density at radius 1 is 1.07 bits per heavy atom. The lowest BCUT2D eigenvalue weighted by molar-refractivity contribution is -0.137. The van der Waals surface area contributed by atoms with E-state index >= 15 is 0 Å². The topological polar surface area (TPSA) is 47.4 Å². The first-order chi connectivity index (χ1) is 13.8. The van der Waals surface area contributed by atoms with Crippen molar-refractivity contribution in [3.63, 3.8) is 0 Å². The Morgan fingerprint density at radius 3 is 2.48 bits per heavy atom. The van der Waals surface area contributed by atoms with Crippen LogP contribution in [0.2, 0.25) is 0 Å². The van der Waals surface area contributed by atoms with Gasteiger partial charge in [0.05, 0.1) is 41.1 Å². The van der Waals surface area contributed by atoms with E-state index in [4.69, 9.17) is 4.74 Å². The highest BCUT2D eigenvalue weighted by molar-refractivity contribution is 9.10. The summed E-state index contributed by atoms with van der Waals surface area (Å²) in [7, 11) is 0. The number of hydrogen-bond acceptors (Lipinski definition) is 4. The molecule has 2 heterocycles. The Kier molecular flexibility index (Phi) is 5.12. The van der Waals surface area contributed by atoms with Crippen LogP contribution < -0.4 is 10.5 Å². The number of aromatic nitrogens is 2. The van der Waals surface area contributed by atoms with E-state index in [2.05, 4.69) is 20.9 Å². The molecule has 1 aromatic heterocycles. The average molecular weight is 468 g/mol. The minimum atomic E-state index is -4.52. The summed E-state index contributed by atoms with van der Waals surface area (Å²) >= 11 is 3.33. The van der Waals surface area contributed by atoms with Crippen molar-refractivity contribution in [2.75, 3.05) is 31.2 Å². The Hall–Kier alpha value is -2.39. The zero-order chi connectivity index (χ0) is 20.8. The van der Waals surface area contributed by atoms with E-state index < -0.39 is 17.3 Å². The molecule has 0 spiro atoms. The van der Waals surface area contributed by atoms with E-state index in [-0.39, 0.29) is 5.69 Å². The van der Waals surface area contributed by atoms with Gasteiger partial charge in [0.25, 0.3) is 5.56 Å². The molecule has 2 aromatic carbocycles. The van der Waals surface area contributed by atoms with E-state index in [1.165, 1.54) is 10.6 Å². The second-order valence-electron chi connectivity index (χ2n) is 6.76. The first-order valence-corrected chi connectivity index (χ1v) is 9.78. The Morgan fingerprint density at radius 2 is 1.79 bits per heavy atom. The van der Waals surface area contributed by atoms with Gasteiger partial charge in [-0.15, -0.1) is 0 Å². The van der Waals surface area contributed by atoms with Crippen molar-refractivity contribution in [1.29, 1.82) is 0 Å². The second-order valence-corrected chi connectivity index (χ2v) is 7.68. The van der Waals surface area contributed by atoms with Crippen LogP contribution in [0.1, 0.15) is 11.4 Å². The maximum Gasteiger partial charge on any atom is 0.416 e. The molecule has 1 saturated heterocycles. The molecule has 0 atom stereocenters. The largest absolute Gasteiger partial charge is 0.416 e. The number of nitrogens with zero attached hydrogens (tertiary/aromatic N) is 3. The number of benzene rings is 2. The van der Waals surface area contributed by atoms with Crippen LogP contribution in [0.4, 0.5) is 18.9 Å². The van der Waals surface area contributed by atoms with Crippen molar-refractivity contribution in [2.45, 2.75) is 13.1 Å². The highest BCUT2D eigenvalue weighted by atomic mass is 79.9. The van der Waals surface area contributed by atoms with Gasteiger partial charge in [-0.1, -0.05) is 15.9 Å². The molecule has 0 aliphatic carbocycles. The van der Waals surface area contributed by atoms with Gasteiger partial charge >= 0.3 is 6.18 Å². The minimum Gasteiger partial charge on any atom is -0.378 e. The lowest BCUT2D eigenvalue weighted by atomic mass is 10.1. The SMILES string of the molecule is Cc1nc2ccc(Br)cc2c(=O)n1-c1cc(C(F)(F)F)ccc1N1CCOCC1. The van der Waals surface area contributed by atoms with Gasteiger partial charge in [-0.25, -0.2) is 4.98 Å². The Labute approximate surface area is 172 Å². The lowest BCUT2D eigenvalue weighted by Crippen LogP contribution is -2.37. The van der Waals surface area contributed by atoms with Gasteiger partial charge in [0, 0.05) is 17.6 Å². The van der Waals surface area contributed by atoms with Gasteiger partial charge in [0.15, 0.2) is 0 Å². The van der Waals surface area contributed by atoms with Crippen LogP contribution in [-0.4, -0.2) is 35.9 Å². The smallest absolute Gasteiger partial charge is 0.378 e. The third-order valence-corrected chi connectivity index (χ3v) is 5.39. The molecule has 1 aliphatic rings. The molecule has 5 nitrogen and oxygen atoms in total. The molecule has 152 valence electrons. The van der Waals surface area contributed by atoms with Gasteiger partial charge < -0.3 is 9.64 Å². The number of alkyl halides is 3. The molecule has 9 heteroatoms. The van der Waals surface area contributed by atoms with E-state index in [1.54, 1.807) is 25.1 Å². The molecular weight excluding hydrogens is 451 g/mol. The highest BCUT2D eigenvalue weighted by Crippen LogP contribution is 2.35. The first-order valence-electron chi connectivity index (χ1n) is 8.99. The normalized spacial score (nSPS) is 15.1. The Bertz CT molecular complexity index is 1140. The zero-order valence-corrected chi connectivity index (χ0v) is 17.0. The summed E-state index contributed by atoms with van der Waals surface area (Å²) in [5.41, 5.74) is -0.0270. The second kappa shape index (κ2) is 7.46. The van der Waals surface area contributed by atoms with Gasteiger partial charge in [-0.05, 0) is 43.3 Å². The molecule has 0 unspecified atom stereocenters. The van der Waals surface area contributed by atoms with Crippen LogP contribution in [0.25, 0.3) is 16.6 Å². The molecule has 29 heavy (non-hydrogen) atoms. The van der Waals surface area contributed by atoms with Crippen molar-refractivity contribution in [1.82, 2.24) is 9.55 Å². The quantitative estimate of drug-likeness (QED) is 0.563. The molecule has 3 aromatic rings. The number of ether oxygens (including phenoxy) is 1. The maximum atomic E-state index is 13.4. The molecule has 0 saturated carbocycles. The van der Waals surface area contributed by atoms with E-state index in [1.807, 2.05) is 4.90 Å². The van der Waals surface area contributed by atoms with Gasteiger partial charge in [0.1, 0.15) is 5.82 Å². The Balaban J connectivity index is 2.01. The molecule has 0 amide bonds. The standard InChI is InChI=1S/C20H17BrF3N3O2/c1-12-25-16-4-3-14(21)11-15(16)19(28)27(12)18-10-13(20(22,23)24)2-5-17(18)26-6-8-29-9-7-26/h2-5,10-11H,6-9H2,1H3. The van der Waals surface area contributed by atoms with E-state index in [0.717, 1.165) is 12.1 Å². The zero-order valence-electron chi connectivity index (χ0n) is 15.5. The predicted octanol–water partition coefficient (Wildman–Crippen LogP) is 4.31. The molecule has 0 N–H and O–H groups in total. The maximum absolute atomic E-state index is 13.4. The fourth-order valence-corrected chi connectivity index (χ4v) is 3.86. The number of hydrogen-bond donors (Lipinski definition) is 0. The fourth-order valence-electron chi connectivity index (χ4n) is 3.50. The molecule has 4 rings (SSSR count). The number of halogens is 4. The third-order valence-electron chi connectivity index (χ3n) is 4.89. The van der Waals surface area contributed by atoms with Crippen molar-refractivity contribution >= 4 is 32.5 Å². The van der Waals surface area contributed by atoms with Crippen molar-refractivity contribution < 1.29 is 17.9 Å². The van der Waals surface area contributed by atoms with Crippen molar-refractivity contribution in [3.05, 3.63) is 62.6 Å². The number of rotatable bonds is 2. The van der Waals surface area contributed by atoms with Gasteiger partial charge in [-0.3, -0.25) is 9.36 Å². The summed E-state index contributed by atoms with van der Waals surface area (Å²) in [6, 6.07) is 8.57. The molecule has 1 aliphatic heterocycles. The lowest BCUT2D eigenvalue weighted by Gasteiger charge is -2.31. The fraction of sp³-hybridized carbons (Fsp3) is 0.300. The monoisotopic (exact) mass is 467 g/mol. The molecular formula is C20H17BrF3N3O2. The van der Waals surface area contributed by atoms with Crippen LogP contribution >= 0.6 is 15.9 Å². The van der Waals surface area contributed by atoms with Gasteiger partial charge in [0.2, 0.25) is 0 Å². The summed E-state index contributed by atoms with van der Waals surface area (Å²) in [4.78, 5) is 19.7. The third kappa shape index (κ3) is 3.76. The average Bonchev–Trinajstić information content (AvgIpc) is 2.68. The van der Waals surface area contributed by atoms with Crippen LogP contribution in [0, 0.1) is 6.92 Å². The van der Waals surface area contributed by atoms with E-state index in [0.29, 0.717) is 53.2 Å². The van der Waals surface area contributed by atoms with Crippen LogP contribution in [0.3, 0.4) is 0 Å². The number of fused-ring (bicyclic) bond motifs is 1. The summed E-state index contributed by atoms with van der Waals surface area (Å²) in [5, 5.41) is 0.329. The summed E-state index contributed by atoms with van der Waals surface area (Å²) in [6.07, 6.45) is -4.52. The van der Waals surface area contributed by atoms with Crippen molar-refractivity contribution in [3.8, 4) is 5.69 Å². The molecule has 0 bridgehead atoms. The van der Waals surface area contributed by atoms with Crippen LogP contribution in [0.15, 0.2) is 45.7 Å². The summed E-state index contributed by atoms with van der Waals surface area (Å²) < 4.78 is 47.6. The number of anilines is 1. The molecule has 0 radical (unpaired) electrons. The van der Waals surface area contributed by atoms with E-state index in [9.17, 15) is 18.0 Å². The number of morpholine rings is 1. The molecule has 1 fully saturated rings. The van der Waals surface area contributed by atoms with Crippen LogP contribution in [0.5, 0.6) is 0 Å². The minimum absolute atomic E-state index is 0.165. The van der Waals surface area contributed by atoms with Crippen LogP contribution in [-0.2, 0) is 10.9 Å². The first kappa shape index (κ1) is 19.9. The number of aryl methyl sites for hydroxylation is 1. The summed E-state index contributed by atoms with van der Waals surface area (Å²) in [5.74, 6) is 0.318.